The zero-order chi connectivity index (χ0) is 31.7. The zero-order valence-electron chi connectivity index (χ0n) is 24.7. The van der Waals surface area contributed by atoms with Gasteiger partial charge in [-0.3, -0.25) is 0 Å². The molecule has 1 N–H and O–H groups in total. The van der Waals surface area contributed by atoms with Gasteiger partial charge in [0.05, 0.1) is 0 Å². The van der Waals surface area contributed by atoms with Crippen molar-refractivity contribution in [2.45, 2.75) is 83.7 Å². The van der Waals surface area contributed by atoms with Gasteiger partial charge in [0.1, 0.15) is 17.1 Å². The normalized spacial score (nSPS) is 16.7. The summed E-state index contributed by atoms with van der Waals surface area (Å²) in [6, 6.07) is 13.8. The van der Waals surface area contributed by atoms with Crippen LogP contribution in [-0.4, -0.2) is 68.3 Å². The lowest BCUT2D eigenvalue weighted by Gasteiger charge is -2.34. The first-order valence-corrected chi connectivity index (χ1v) is 14.4. The highest BCUT2D eigenvalue weighted by Gasteiger charge is 2.32. The Morgan fingerprint density at radius 2 is 1.16 bits per heavy atom. The van der Waals surface area contributed by atoms with Gasteiger partial charge in [0.15, 0.2) is 13.2 Å². The van der Waals surface area contributed by atoms with Crippen LogP contribution in [0.15, 0.2) is 48.5 Å². The molecule has 12 heteroatoms. The highest BCUT2D eigenvalue weighted by molar-refractivity contribution is 5.68. The molecule has 0 radical (unpaired) electrons. The first-order chi connectivity index (χ1) is 20.1. The minimum absolute atomic E-state index is 0. The first kappa shape index (κ1) is 37.0. The summed E-state index contributed by atoms with van der Waals surface area (Å²) in [5.74, 6) is 0.969. The molecule has 1 amide bonds. The number of alkyl halides is 6. The number of hydrogen-bond donors (Lipinski definition) is 1. The molecule has 2 aliphatic heterocycles. The predicted molar refractivity (Wildman–Crippen MR) is 157 cm³/mol. The number of carbonyl (C=O) groups is 1. The van der Waals surface area contributed by atoms with Crippen molar-refractivity contribution in [2.24, 2.45) is 0 Å². The summed E-state index contributed by atoms with van der Waals surface area (Å²) in [7, 11) is 0. The van der Waals surface area contributed by atoms with Crippen molar-refractivity contribution in [3.05, 3.63) is 59.7 Å². The fourth-order valence-electron chi connectivity index (χ4n) is 5.05. The van der Waals surface area contributed by atoms with Gasteiger partial charge in [-0.2, -0.15) is 26.3 Å². The highest BCUT2D eigenvalue weighted by Crippen LogP contribution is 2.36. The molecule has 0 atom stereocenters. The van der Waals surface area contributed by atoms with Gasteiger partial charge in [-0.15, -0.1) is 0 Å². The molecule has 0 unspecified atom stereocenters. The summed E-state index contributed by atoms with van der Waals surface area (Å²) in [4.78, 5) is 13.7. The van der Waals surface area contributed by atoms with Crippen molar-refractivity contribution in [2.75, 3.05) is 39.4 Å². The van der Waals surface area contributed by atoms with Gasteiger partial charge in [0.25, 0.3) is 0 Å². The lowest BCUT2D eigenvalue weighted by Crippen LogP contribution is -2.41. The molecule has 2 fully saturated rings. The maximum Gasteiger partial charge on any atom is 0.422 e. The summed E-state index contributed by atoms with van der Waals surface area (Å²) in [5, 5.41) is 3.24. The van der Waals surface area contributed by atoms with E-state index in [1.165, 1.54) is 0 Å². The molecule has 2 saturated heterocycles. The van der Waals surface area contributed by atoms with Crippen molar-refractivity contribution in [3.63, 3.8) is 0 Å². The molecular weight excluding hydrogens is 590 g/mol. The largest absolute Gasteiger partial charge is 0.484 e. The van der Waals surface area contributed by atoms with Gasteiger partial charge >= 0.3 is 18.4 Å². The molecule has 0 aliphatic carbocycles. The van der Waals surface area contributed by atoms with E-state index in [-0.39, 0.29) is 31.1 Å². The predicted octanol–water partition coefficient (Wildman–Crippen LogP) is 8.47. The third-order valence-corrected chi connectivity index (χ3v) is 6.99. The van der Waals surface area contributed by atoms with E-state index in [2.05, 4.69) is 5.32 Å². The fourth-order valence-corrected chi connectivity index (χ4v) is 5.05. The number of benzene rings is 2. The van der Waals surface area contributed by atoms with Crippen LogP contribution in [0, 0.1) is 0 Å². The minimum atomic E-state index is -4.37. The molecule has 0 aromatic heterocycles. The molecule has 2 aliphatic rings. The number of hydrogen-bond acceptors (Lipinski definition) is 5. The number of nitrogens with one attached hydrogen (secondary N) is 1. The van der Waals surface area contributed by atoms with Crippen LogP contribution in [0.4, 0.5) is 31.1 Å². The van der Waals surface area contributed by atoms with Gasteiger partial charge in [-0.1, -0.05) is 43.8 Å². The van der Waals surface area contributed by atoms with Crippen LogP contribution in [0.1, 0.15) is 76.8 Å². The number of carbonyl (C=O) groups excluding carboxylic acids is 1. The Bertz CT molecular complexity index is 1150. The van der Waals surface area contributed by atoms with Crippen molar-refractivity contribution >= 4 is 6.09 Å². The van der Waals surface area contributed by atoms with Crippen LogP contribution in [0.2, 0.25) is 0 Å². The topological polar surface area (TPSA) is 60.0 Å². The second kappa shape index (κ2) is 16.2. The molecule has 2 heterocycles. The van der Waals surface area contributed by atoms with Crippen molar-refractivity contribution in [1.29, 1.82) is 0 Å². The van der Waals surface area contributed by atoms with E-state index in [0.717, 1.165) is 37.1 Å². The first-order valence-electron chi connectivity index (χ1n) is 14.4. The zero-order valence-corrected chi connectivity index (χ0v) is 24.7. The Kier molecular flexibility index (Phi) is 13.7. The maximum atomic E-state index is 12.4. The van der Waals surface area contributed by atoms with Gasteiger partial charge in [-0.25, -0.2) is 4.79 Å². The molecule has 6 nitrogen and oxygen atoms in total. The van der Waals surface area contributed by atoms with Gasteiger partial charge in [0, 0.05) is 13.1 Å². The molecule has 44 heavy (non-hydrogen) atoms. The van der Waals surface area contributed by atoms with E-state index >= 15 is 0 Å². The summed E-state index contributed by atoms with van der Waals surface area (Å²) < 4.78 is 89.0. The monoisotopic (exact) mass is 634 g/mol. The Hall–Kier alpha value is -3.15. The minimum Gasteiger partial charge on any atom is -0.484 e. The Labute approximate surface area is 256 Å². The van der Waals surface area contributed by atoms with E-state index in [9.17, 15) is 31.1 Å². The van der Waals surface area contributed by atoms with Crippen molar-refractivity contribution < 1.29 is 45.3 Å². The number of rotatable bonds is 6. The van der Waals surface area contributed by atoms with Crippen LogP contribution >= 0.6 is 0 Å². The lowest BCUT2D eigenvalue weighted by molar-refractivity contribution is -0.154. The van der Waals surface area contributed by atoms with Crippen LogP contribution in [-0.2, 0) is 4.74 Å². The van der Waals surface area contributed by atoms with Gasteiger partial charge < -0.3 is 24.4 Å². The standard InChI is InChI=1S/C18H24F3NO3.C13H16F3NO.CH4/c1-17(2,3)25-16(23)22-10-8-13(9-11-22)14-6-4-5-7-15(14)24-12-18(19,20)21;14-13(15,16)9-18-12-4-2-1-3-11(12)10-5-7-17-8-6-10;/h4-7,13H,8-12H2,1-3H3;1-4,10,17H,5-9H2;1H4. The smallest absolute Gasteiger partial charge is 0.422 e. The number of para-hydroxylation sites is 2. The van der Waals surface area contributed by atoms with Crippen LogP contribution in [0.25, 0.3) is 0 Å². The van der Waals surface area contributed by atoms with Gasteiger partial charge in [0.2, 0.25) is 0 Å². The average molecular weight is 635 g/mol. The van der Waals surface area contributed by atoms with Crippen LogP contribution < -0.4 is 14.8 Å². The third-order valence-electron chi connectivity index (χ3n) is 6.99. The number of halogens is 6. The molecule has 2 aromatic carbocycles. The molecule has 2 aromatic rings. The second-order valence-corrected chi connectivity index (χ2v) is 11.6. The van der Waals surface area contributed by atoms with Gasteiger partial charge in [-0.05, 0) is 94.6 Å². The maximum absolute atomic E-state index is 12.4. The van der Waals surface area contributed by atoms with Crippen molar-refractivity contribution in [1.82, 2.24) is 10.2 Å². The van der Waals surface area contributed by atoms with E-state index in [1.54, 1.807) is 41.3 Å². The summed E-state index contributed by atoms with van der Waals surface area (Å²) >= 11 is 0. The average Bonchev–Trinajstić information content (AvgIpc) is 2.94. The van der Waals surface area contributed by atoms with Crippen LogP contribution in [0.5, 0.6) is 11.5 Å². The number of ether oxygens (including phenoxy) is 3. The molecular formula is C32H44F6N2O4. The highest BCUT2D eigenvalue weighted by atomic mass is 19.4. The Morgan fingerprint density at radius 1 is 0.750 bits per heavy atom. The summed E-state index contributed by atoms with van der Waals surface area (Å²) in [6.45, 7) is 5.72. The number of piperidine rings is 2. The van der Waals surface area contributed by atoms with Crippen molar-refractivity contribution in [3.8, 4) is 11.5 Å². The molecule has 0 saturated carbocycles. The molecule has 248 valence electrons. The number of nitrogens with zero attached hydrogens (tertiary/aromatic N) is 1. The van der Waals surface area contributed by atoms with E-state index in [4.69, 9.17) is 14.2 Å². The fraction of sp³-hybridized carbons (Fsp3) is 0.594. The summed E-state index contributed by atoms with van der Waals surface area (Å²) in [5.41, 5.74) is 1.10. The molecule has 0 spiro atoms. The quantitative estimate of drug-likeness (QED) is 0.323. The number of amides is 1. The Morgan fingerprint density at radius 3 is 1.57 bits per heavy atom. The van der Waals surface area contributed by atoms with E-state index in [0.29, 0.717) is 31.7 Å². The number of likely N-dealkylation sites (tertiary alicyclic amines) is 1. The Balaban J connectivity index is 0.000000315. The molecule has 0 bridgehead atoms. The molecule has 4 rings (SSSR count). The lowest BCUT2D eigenvalue weighted by atomic mass is 9.89. The third kappa shape index (κ3) is 12.8. The summed E-state index contributed by atoms with van der Waals surface area (Å²) in [6.07, 6.45) is -5.82. The van der Waals surface area contributed by atoms with E-state index < -0.39 is 31.2 Å². The van der Waals surface area contributed by atoms with Crippen LogP contribution in [0.3, 0.4) is 0 Å². The van der Waals surface area contributed by atoms with E-state index in [1.807, 2.05) is 32.9 Å². The SMILES string of the molecule is C.CC(C)(C)OC(=O)N1CCC(c2ccccc2OCC(F)(F)F)CC1.FC(F)(F)COc1ccccc1C1CCNCC1. The second-order valence-electron chi connectivity index (χ2n) is 11.6.